The molecule has 3 aromatic carbocycles. The van der Waals surface area contributed by atoms with Gasteiger partial charge in [0.15, 0.2) is 4.91 Å². The summed E-state index contributed by atoms with van der Waals surface area (Å²) in [6.07, 6.45) is 0. The number of aryl methyl sites for hydroxylation is 1. The Kier molecular flexibility index (Phi) is 5.18. The number of nitrogens with one attached hydrogen (secondary N) is 1. The van der Waals surface area contributed by atoms with Gasteiger partial charge in [-0.1, -0.05) is 66.2 Å². The number of rotatable bonds is 4. The minimum absolute atomic E-state index is 0.225. The molecule has 5 nitrogen and oxygen atoms in total. The lowest BCUT2D eigenvalue weighted by Gasteiger charge is -2.32. The zero-order chi connectivity index (χ0) is 21.3. The molecule has 30 heavy (non-hydrogen) atoms. The van der Waals surface area contributed by atoms with Crippen LogP contribution in [0.2, 0.25) is 0 Å². The topological polar surface area (TPSA) is 66.5 Å². The van der Waals surface area contributed by atoms with Crippen LogP contribution in [0.1, 0.15) is 23.6 Å². The van der Waals surface area contributed by atoms with Crippen molar-refractivity contribution < 1.29 is 13.2 Å². The van der Waals surface area contributed by atoms with Crippen molar-refractivity contribution in [2.24, 2.45) is 0 Å². The van der Waals surface area contributed by atoms with E-state index < -0.39 is 15.9 Å². The summed E-state index contributed by atoms with van der Waals surface area (Å²) in [7, 11) is -4.05. The summed E-state index contributed by atoms with van der Waals surface area (Å²) in [5.41, 5.74) is 3.98. The Labute approximate surface area is 176 Å². The van der Waals surface area contributed by atoms with Crippen LogP contribution in [0.5, 0.6) is 0 Å². The van der Waals surface area contributed by atoms with Crippen LogP contribution < -0.4 is 9.62 Å². The number of carbonyl (C=O) groups is 1. The minimum atomic E-state index is -4.05. The number of fused-ring (bicyclic) bond motifs is 1. The summed E-state index contributed by atoms with van der Waals surface area (Å²) in [6, 6.07) is 23.7. The third-order valence-corrected chi connectivity index (χ3v) is 7.02. The van der Waals surface area contributed by atoms with E-state index in [1.54, 1.807) is 31.2 Å². The Balaban J connectivity index is 1.97. The molecule has 0 radical (unpaired) electrons. The monoisotopic (exact) mass is 418 g/mol. The van der Waals surface area contributed by atoms with Crippen molar-refractivity contribution in [3.63, 3.8) is 0 Å². The summed E-state index contributed by atoms with van der Waals surface area (Å²) < 4.78 is 28.5. The molecule has 0 aliphatic carbocycles. The van der Waals surface area contributed by atoms with Crippen molar-refractivity contribution in [3.05, 3.63) is 100 Å². The highest BCUT2D eigenvalue weighted by atomic mass is 32.2. The Morgan fingerprint density at radius 1 is 0.900 bits per heavy atom. The van der Waals surface area contributed by atoms with Gasteiger partial charge >= 0.3 is 0 Å². The van der Waals surface area contributed by atoms with Crippen LogP contribution in [-0.2, 0) is 14.8 Å². The first-order valence-electron chi connectivity index (χ1n) is 9.73. The molecule has 0 spiro atoms. The Hall–Kier alpha value is -3.38. The molecule has 0 atom stereocenters. The summed E-state index contributed by atoms with van der Waals surface area (Å²) in [5.74, 6) is -0.648. The van der Waals surface area contributed by atoms with E-state index in [4.69, 9.17) is 0 Å². The number of hydrogen-bond donors (Lipinski definition) is 1. The molecule has 1 aliphatic rings. The first kappa shape index (κ1) is 19.9. The maximum absolute atomic E-state index is 13.6. The largest absolute Gasteiger partial charge is 0.321 e. The standard InChI is InChI=1S/C24H22N2O3S/c1-3-26-21-12-8-7-11-20(21)22(18-9-5-4-6-10-18)23(30(26,28)29)24(27)25-19-15-13-17(2)14-16-19/h4-16H,3H2,1-2H3,(H,25,27). The molecule has 0 fully saturated rings. The van der Waals surface area contributed by atoms with E-state index in [-0.39, 0.29) is 11.4 Å². The quantitative estimate of drug-likeness (QED) is 0.675. The first-order valence-corrected chi connectivity index (χ1v) is 11.2. The van der Waals surface area contributed by atoms with Crippen LogP contribution >= 0.6 is 0 Å². The van der Waals surface area contributed by atoms with Gasteiger partial charge in [-0.2, -0.15) is 0 Å². The van der Waals surface area contributed by atoms with Crippen LogP contribution in [0.15, 0.2) is 83.8 Å². The SMILES string of the molecule is CCN1c2ccccc2C(c2ccccc2)=C(C(=O)Nc2ccc(C)cc2)S1(=O)=O. The van der Waals surface area contributed by atoms with Crippen molar-refractivity contribution in [2.75, 3.05) is 16.2 Å². The lowest BCUT2D eigenvalue weighted by Crippen LogP contribution is -2.39. The highest BCUT2D eigenvalue weighted by Crippen LogP contribution is 2.42. The second-order valence-electron chi connectivity index (χ2n) is 7.08. The number of carbonyl (C=O) groups excluding carboxylic acids is 1. The van der Waals surface area contributed by atoms with E-state index in [1.165, 1.54) is 4.31 Å². The van der Waals surface area contributed by atoms with Gasteiger partial charge in [0.2, 0.25) is 0 Å². The summed E-state index contributed by atoms with van der Waals surface area (Å²) in [5, 5.41) is 2.77. The number of para-hydroxylation sites is 1. The molecule has 0 unspecified atom stereocenters. The van der Waals surface area contributed by atoms with Crippen molar-refractivity contribution in [1.29, 1.82) is 0 Å². The number of sulfonamides is 1. The van der Waals surface area contributed by atoms with Gasteiger partial charge in [0.05, 0.1) is 5.69 Å². The molecule has 0 saturated heterocycles. The summed E-state index contributed by atoms with van der Waals surface area (Å²) in [6.45, 7) is 3.93. The zero-order valence-corrected chi connectivity index (χ0v) is 17.6. The van der Waals surface area contributed by atoms with Gasteiger partial charge in [0.25, 0.3) is 15.9 Å². The van der Waals surface area contributed by atoms with Crippen LogP contribution in [-0.4, -0.2) is 20.9 Å². The fourth-order valence-corrected chi connectivity index (χ4v) is 5.43. The van der Waals surface area contributed by atoms with Crippen LogP contribution in [0.25, 0.3) is 5.57 Å². The van der Waals surface area contributed by atoms with E-state index >= 15 is 0 Å². The highest BCUT2D eigenvalue weighted by Gasteiger charge is 2.40. The number of hydrogen-bond acceptors (Lipinski definition) is 3. The Bertz CT molecular complexity index is 1230. The predicted molar refractivity (Wildman–Crippen MR) is 121 cm³/mol. The molecular weight excluding hydrogens is 396 g/mol. The van der Waals surface area contributed by atoms with Gasteiger partial charge in [-0.3, -0.25) is 9.10 Å². The molecule has 0 aromatic heterocycles. The van der Waals surface area contributed by atoms with E-state index in [2.05, 4.69) is 5.32 Å². The summed E-state index contributed by atoms with van der Waals surface area (Å²) >= 11 is 0. The zero-order valence-electron chi connectivity index (χ0n) is 16.8. The second-order valence-corrected chi connectivity index (χ2v) is 8.88. The summed E-state index contributed by atoms with van der Waals surface area (Å²) in [4.78, 5) is 13.1. The molecule has 1 heterocycles. The number of anilines is 2. The molecule has 152 valence electrons. The molecule has 1 aliphatic heterocycles. The minimum Gasteiger partial charge on any atom is -0.321 e. The normalized spacial score (nSPS) is 14.9. The lowest BCUT2D eigenvalue weighted by atomic mass is 9.95. The molecule has 1 N–H and O–H groups in total. The van der Waals surface area contributed by atoms with E-state index in [9.17, 15) is 13.2 Å². The van der Waals surface area contributed by atoms with Crippen LogP contribution in [0, 0.1) is 6.92 Å². The van der Waals surface area contributed by atoms with Crippen molar-refractivity contribution in [2.45, 2.75) is 13.8 Å². The first-order chi connectivity index (χ1) is 14.4. The Morgan fingerprint density at radius 2 is 1.53 bits per heavy atom. The highest BCUT2D eigenvalue weighted by molar-refractivity contribution is 7.97. The average molecular weight is 419 g/mol. The Morgan fingerprint density at radius 3 is 2.20 bits per heavy atom. The molecule has 6 heteroatoms. The average Bonchev–Trinajstić information content (AvgIpc) is 2.74. The number of nitrogens with zero attached hydrogens (tertiary/aromatic N) is 1. The molecule has 1 amide bonds. The molecule has 3 aromatic rings. The van der Waals surface area contributed by atoms with Gasteiger partial charge in [-0.25, -0.2) is 8.42 Å². The van der Waals surface area contributed by atoms with Gasteiger partial charge in [0, 0.05) is 23.4 Å². The fraction of sp³-hybridized carbons (Fsp3) is 0.125. The molecular formula is C24H22N2O3S. The maximum atomic E-state index is 13.6. The second kappa shape index (κ2) is 7.80. The third kappa shape index (κ3) is 3.39. The molecule has 0 saturated carbocycles. The lowest BCUT2D eigenvalue weighted by molar-refractivity contribution is -0.112. The van der Waals surface area contributed by atoms with E-state index in [0.29, 0.717) is 22.5 Å². The third-order valence-electron chi connectivity index (χ3n) is 5.08. The van der Waals surface area contributed by atoms with Gasteiger partial charge < -0.3 is 5.32 Å². The molecule has 0 bridgehead atoms. The smallest absolute Gasteiger partial charge is 0.270 e. The molecule has 4 rings (SSSR count). The van der Waals surface area contributed by atoms with E-state index in [0.717, 1.165) is 11.1 Å². The van der Waals surface area contributed by atoms with Crippen LogP contribution in [0.4, 0.5) is 11.4 Å². The maximum Gasteiger partial charge on any atom is 0.270 e. The fourth-order valence-electron chi connectivity index (χ4n) is 3.68. The van der Waals surface area contributed by atoms with E-state index in [1.807, 2.05) is 61.5 Å². The predicted octanol–water partition coefficient (Wildman–Crippen LogP) is 4.56. The van der Waals surface area contributed by atoms with Crippen molar-refractivity contribution in [3.8, 4) is 0 Å². The van der Waals surface area contributed by atoms with Crippen molar-refractivity contribution in [1.82, 2.24) is 0 Å². The van der Waals surface area contributed by atoms with Crippen molar-refractivity contribution >= 4 is 32.9 Å². The van der Waals surface area contributed by atoms with Gasteiger partial charge in [-0.15, -0.1) is 0 Å². The number of benzene rings is 3. The van der Waals surface area contributed by atoms with Gasteiger partial charge in [-0.05, 0) is 37.6 Å². The number of amides is 1. The van der Waals surface area contributed by atoms with Crippen LogP contribution in [0.3, 0.4) is 0 Å². The van der Waals surface area contributed by atoms with Gasteiger partial charge in [0.1, 0.15) is 0 Å².